The highest BCUT2D eigenvalue weighted by Crippen LogP contribution is 2.44. The second-order valence-corrected chi connectivity index (χ2v) is 9.61. The fourth-order valence-corrected chi connectivity index (χ4v) is 5.50. The van der Waals surface area contributed by atoms with Gasteiger partial charge in [-0.1, -0.05) is 29.5 Å². The molecule has 1 fully saturated rings. The highest BCUT2D eigenvalue weighted by Gasteiger charge is 2.48. The van der Waals surface area contributed by atoms with E-state index in [1.165, 1.54) is 16.2 Å². The van der Waals surface area contributed by atoms with Crippen molar-refractivity contribution in [3.63, 3.8) is 0 Å². The maximum atomic E-state index is 13.4. The summed E-state index contributed by atoms with van der Waals surface area (Å²) < 4.78 is 12.0. The molecule has 0 spiro atoms. The molecule has 0 aliphatic carbocycles. The summed E-state index contributed by atoms with van der Waals surface area (Å²) in [7, 11) is 0. The van der Waals surface area contributed by atoms with Gasteiger partial charge in [-0.05, 0) is 80.4 Å². The molecule has 0 radical (unpaired) electrons. The lowest BCUT2D eigenvalue weighted by atomic mass is 9.95. The number of hydrogen-bond donors (Lipinski definition) is 1. The van der Waals surface area contributed by atoms with Gasteiger partial charge in [-0.25, -0.2) is 4.98 Å². The van der Waals surface area contributed by atoms with Gasteiger partial charge in [0.2, 0.25) is 0 Å². The van der Waals surface area contributed by atoms with Crippen molar-refractivity contribution in [2.75, 3.05) is 18.1 Å². The molecular formula is C29H26N2O5S. The molecule has 2 heterocycles. The number of Topliss-reactive ketones (excluding diaryl/α,β-unsaturated/α-hetero) is 1. The number of aryl methyl sites for hydroxylation is 1. The predicted molar refractivity (Wildman–Crippen MR) is 144 cm³/mol. The number of aliphatic hydroxyl groups is 1. The summed E-state index contributed by atoms with van der Waals surface area (Å²) in [5.74, 6) is -0.430. The molecule has 3 aromatic carbocycles. The van der Waals surface area contributed by atoms with Crippen LogP contribution in [0, 0.1) is 6.92 Å². The molecule has 5 rings (SSSR count). The normalized spacial score (nSPS) is 16.9. The van der Waals surface area contributed by atoms with Crippen molar-refractivity contribution >= 4 is 44.1 Å². The number of amides is 1. The van der Waals surface area contributed by atoms with E-state index in [1.807, 2.05) is 39.0 Å². The Bertz CT molecular complexity index is 1510. The standard InChI is InChI=1S/C29H26N2O5S/c1-4-35-20-11-7-18(8-12-20)25-24(26(32)19-9-13-21(14-10-19)36-5-2)27(33)28(34)31(25)29-30-22-15-6-17(3)16-23(22)37-29/h6-16,25,32H,4-5H2,1-3H3/t25-/m1/s1. The Hall–Kier alpha value is -4.17. The van der Waals surface area contributed by atoms with Gasteiger partial charge in [0, 0.05) is 5.56 Å². The molecule has 1 aromatic heterocycles. The molecule has 188 valence electrons. The molecular weight excluding hydrogens is 488 g/mol. The highest BCUT2D eigenvalue weighted by atomic mass is 32.1. The van der Waals surface area contributed by atoms with Crippen molar-refractivity contribution < 1.29 is 24.2 Å². The molecule has 1 N–H and O–H groups in total. The molecule has 0 bridgehead atoms. The smallest absolute Gasteiger partial charge is 0.301 e. The Morgan fingerprint density at radius 2 is 1.57 bits per heavy atom. The van der Waals surface area contributed by atoms with Gasteiger partial charge < -0.3 is 14.6 Å². The Balaban J connectivity index is 1.66. The number of nitrogens with zero attached hydrogens (tertiary/aromatic N) is 2. The average molecular weight is 515 g/mol. The number of aromatic nitrogens is 1. The third-order valence-electron chi connectivity index (χ3n) is 6.13. The number of ether oxygens (including phenoxy) is 2. The van der Waals surface area contributed by atoms with Gasteiger partial charge >= 0.3 is 5.91 Å². The van der Waals surface area contributed by atoms with Gasteiger partial charge in [0.05, 0.1) is 35.0 Å². The van der Waals surface area contributed by atoms with Crippen LogP contribution in [0.4, 0.5) is 5.13 Å². The van der Waals surface area contributed by atoms with Gasteiger partial charge in [0.15, 0.2) is 5.13 Å². The number of rotatable bonds is 7. The molecule has 7 nitrogen and oxygen atoms in total. The van der Waals surface area contributed by atoms with Crippen molar-refractivity contribution in [2.24, 2.45) is 0 Å². The van der Waals surface area contributed by atoms with E-state index in [0.717, 1.165) is 15.8 Å². The van der Waals surface area contributed by atoms with Crippen LogP contribution in [0.3, 0.4) is 0 Å². The largest absolute Gasteiger partial charge is 0.507 e. The van der Waals surface area contributed by atoms with Crippen molar-refractivity contribution in [3.05, 3.63) is 89.0 Å². The number of thiazole rings is 1. The molecule has 1 atom stereocenters. The van der Waals surface area contributed by atoms with E-state index in [1.54, 1.807) is 48.5 Å². The lowest BCUT2D eigenvalue weighted by Gasteiger charge is -2.23. The van der Waals surface area contributed by atoms with E-state index < -0.39 is 17.7 Å². The zero-order valence-corrected chi connectivity index (χ0v) is 21.5. The SMILES string of the molecule is CCOc1ccc(C(O)=C2C(=O)C(=O)N(c3nc4ccc(C)cc4s3)[C@@H]2c2ccc(OCC)cc2)cc1. The fraction of sp³-hybridized carbons (Fsp3) is 0.207. The molecule has 0 saturated carbocycles. The maximum absolute atomic E-state index is 13.4. The summed E-state index contributed by atoms with van der Waals surface area (Å²) in [5, 5.41) is 11.7. The molecule has 1 saturated heterocycles. The Morgan fingerprint density at radius 1 is 0.946 bits per heavy atom. The average Bonchev–Trinajstić information content (AvgIpc) is 3.42. The Labute approximate surface area is 218 Å². The van der Waals surface area contributed by atoms with E-state index in [2.05, 4.69) is 4.98 Å². The molecule has 0 unspecified atom stereocenters. The lowest BCUT2D eigenvalue weighted by Crippen LogP contribution is -2.29. The van der Waals surface area contributed by atoms with Gasteiger partial charge in [-0.15, -0.1) is 0 Å². The van der Waals surface area contributed by atoms with E-state index >= 15 is 0 Å². The van der Waals surface area contributed by atoms with Gasteiger partial charge in [-0.2, -0.15) is 0 Å². The predicted octanol–water partition coefficient (Wildman–Crippen LogP) is 6.03. The second kappa shape index (κ2) is 10.1. The molecule has 1 aliphatic rings. The van der Waals surface area contributed by atoms with Crippen LogP contribution in [-0.2, 0) is 9.59 Å². The van der Waals surface area contributed by atoms with E-state index in [0.29, 0.717) is 41.0 Å². The molecule has 8 heteroatoms. The number of fused-ring (bicyclic) bond motifs is 1. The third-order valence-corrected chi connectivity index (χ3v) is 7.15. The summed E-state index contributed by atoms with van der Waals surface area (Å²) in [4.78, 5) is 32.9. The zero-order valence-electron chi connectivity index (χ0n) is 20.7. The van der Waals surface area contributed by atoms with Crippen LogP contribution in [0.1, 0.15) is 36.6 Å². The first-order valence-electron chi connectivity index (χ1n) is 12.1. The Morgan fingerprint density at radius 3 is 2.19 bits per heavy atom. The number of benzene rings is 3. The third kappa shape index (κ3) is 4.56. The van der Waals surface area contributed by atoms with Crippen LogP contribution < -0.4 is 14.4 Å². The minimum atomic E-state index is -0.857. The molecule has 1 amide bonds. The summed E-state index contributed by atoms with van der Waals surface area (Å²) in [6.07, 6.45) is 0. The zero-order chi connectivity index (χ0) is 26.1. The summed E-state index contributed by atoms with van der Waals surface area (Å²) >= 11 is 1.34. The lowest BCUT2D eigenvalue weighted by molar-refractivity contribution is -0.132. The van der Waals surface area contributed by atoms with Crippen molar-refractivity contribution in [3.8, 4) is 11.5 Å². The van der Waals surface area contributed by atoms with Crippen LogP contribution in [-0.4, -0.2) is 35.0 Å². The van der Waals surface area contributed by atoms with Crippen molar-refractivity contribution in [2.45, 2.75) is 26.8 Å². The van der Waals surface area contributed by atoms with Crippen LogP contribution in [0.5, 0.6) is 11.5 Å². The van der Waals surface area contributed by atoms with Gasteiger partial charge in [-0.3, -0.25) is 14.5 Å². The maximum Gasteiger partial charge on any atom is 0.301 e. The fourth-order valence-electron chi connectivity index (χ4n) is 4.41. The minimum Gasteiger partial charge on any atom is -0.507 e. The summed E-state index contributed by atoms with van der Waals surface area (Å²) in [5.41, 5.74) is 2.89. The number of hydrogen-bond acceptors (Lipinski definition) is 7. The van der Waals surface area contributed by atoms with Crippen molar-refractivity contribution in [1.82, 2.24) is 4.98 Å². The highest BCUT2D eigenvalue weighted by molar-refractivity contribution is 7.22. The molecule has 4 aromatic rings. The van der Waals surface area contributed by atoms with Crippen LogP contribution >= 0.6 is 11.3 Å². The van der Waals surface area contributed by atoms with E-state index in [-0.39, 0.29) is 11.3 Å². The number of carbonyl (C=O) groups is 2. The van der Waals surface area contributed by atoms with Gasteiger partial charge in [0.25, 0.3) is 5.78 Å². The quantitative estimate of drug-likeness (QED) is 0.184. The first-order valence-corrected chi connectivity index (χ1v) is 12.9. The molecule has 1 aliphatic heterocycles. The number of carbonyl (C=O) groups excluding carboxylic acids is 2. The summed E-state index contributed by atoms with van der Waals surface area (Å²) in [6, 6.07) is 19.0. The van der Waals surface area contributed by atoms with E-state index in [4.69, 9.17) is 9.47 Å². The molecule has 37 heavy (non-hydrogen) atoms. The van der Waals surface area contributed by atoms with Crippen molar-refractivity contribution in [1.29, 1.82) is 0 Å². The first-order chi connectivity index (χ1) is 17.9. The van der Waals surface area contributed by atoms with Gasteiger partial charge in [0.1, 0.15) is 17.3 Å². The number of anilines is 1. The first kappa shape index (κ1) is 24.5. The van der Waals surface area contributed by atoms with E-state index in [9.17, 15) is 14.7 Å². The topological polar surface area (TPSA) is 89.0 Å². The number of ketones is 1. The number of aliphatic hydroxyl groups excluding tert-OH is 1. The van der Waals surface area contributed by atoms with Crippen LogP contribution in [0.2, 0.25) is 0 Å². The minimum absolute atomic E-state index is 0.00811. The second-order valence-electron chi connectivity index (χ2n) is 8.60. The van der Waals surface area contributed by atoms with Crippen LogP contribution in [0.15, 0.2) is 72.3 Å². The monoisotopic (exact) mass is 514 g/mol. The van der Waals surface area contributed by atoms with Crippen LogP contribution in [0.25, 0.3) is 16.0 Å². The summed E-state index contributed by atoms with van der Waals surface area (Å²) in [6.45, 7) is 6.79. The Kier molecular flexibility index (Phi) is 6.67.